The Labute approximate surface area is 146 Å². The van der Waals surface area contributed by atoms with Gasteiger partial charge in [-0.05, 0) is 43.4 Å². The summed E-state index contributed by atoms with van der Waals surface area (Å²) in [6, 6.07) is 5.87. The molecule has 138 valence electrons. The lowest BCUT2D eigenvalue weighted by molar-refractivity contribution is -0.136. The number of halogens is 2. The third-order valence-corrected chi connectivity index (χ3v) is 6.00. The van der Waals surface area contributed by atoms with Crippen LogP contribution in [0.1, 0.15) is 32.3 Å². The van der Waals surface area contributed by atoms with Crippen molar-refractivity contribution >= 4 is 21.4 Å². The molecule has 1 saturated carbocycles. The number of benzene rings is 1. The molecule has 1 fully saturated rings. The Balaban J connectivity index is 2.34. The molecule has 0 spiro atoms. The van der Waals surface area contributed by atoms with Crippen LogP contribution in [0.15, 0.2) is 35.2 Å². The molecule has 0 N–H and O–H groups in total. The highest BCUT2D eigenvalue weighted by molar-refractivity contribution is 7.91. The summed E-state index contributed by atoms with van der Waals surface area (Å²) in [6.07, 6.45) is -1.48. The Morgan fingerprint density at radius 3 is 2.20 bits per heavy atom. The zero-order valence-electron chi connectivity index (χ0n) is 14.2. The maximum absolute atomic E-state index is 13.4. The van der Waals surface area contributed by atoms with Gasteiger partial charge in [-0.15, -0.1) is 0 Å². The fourth-order valence-electron chi connectivity index (χ4n) is 2.84. The number of rotatable bonds is 6. The molecule has 7 heteroatoms. The molecule has 4 nitrogen and oxygen atoms in total. The molecule has 1 aliphatic rings. The lowest BCUT2D eigenvalue weighted by atomic mass is 9.98. The third-order valence-electron chi connectivity index (χ3n) is 4.25. The molecular formula is C18H22F2O4S. The van der Waals surface area contributed by atoms with Gasteiger partial charge in [-0.25, -0.2) is 22.0 Å². The second-order valence-corrected chi connectivity index (χ2v) is 8.27. The van der Waals surface area contributed by atoms with E-state index in [-0.39, 0.29) is 35.7 Å². The van der Waals surface area contributed by atoms with Crippen molar-refractivity contribution in [1.82, 2.24) is 0 Å². The van der Waals surface area contributed by atoms with Crippen molar-refractivity contribution in [2.24, 2.45) is 5.92 Å². The zero-order valence-corrected chi connectivity index (χ0v) is 15.1. The molecular weight excluding hydrogens is 350 g/mol. The topological polar surface area (TPSA) is 60.4 Å². The first kappa shape index (κ1) is 19.6. The molecule has 0 bridgehead atoms. The first-order valence-corrected chi connectivity index (χ1v) is 9.94. The van der Waals surface area contributed by atoms with Crippen LogP contribution in [-0.2, 0) is 19.4 Å². The maximum atomic E-state index is 13.4. The van der Waals surface area contributed by atoms with Gasteiger partial charge in [-0.1, -0.05) is 25.1 Å². The first-order chi connectivity index (χ1) is 11.8. The van der Waals surface area contributed by atoms with Crippen molar-refractivity contribution < 1.29 is 26.7 Å². The molecule has 1 aromatic carbocycles. The van der Waals surface area contributed by atoms with Gasteiger partial charge in [0.15, 0.2) is 9.84 Å². The standard InChI is InChI=1S/C18H22F2O4S/c1-3-24-18(21)15(9-12-10-16(19)17(20)11-12)13-5-7-14(8-6-13)25(22,23)4-2/h5-9,12,16-17H,3-4,10-11H2,1-2H3/t12?,16-,17+. The molecule has 0 heterocycles. The number of sulfone groups is 1. The summed E-state index contributed by atoms with van der Waals surface area (Å²) < 4.78 is 55.6. The van der Waals surface area contributed by atoms with Crippen LogP contribution in [0.3, 0.4) is 0 Å². The molecule has 0 aliphatic heterocycles. The number of ether oxygens (including phenoxy) is 1. The number of esters is 1. The number of alkyl halides is 2. The minimum absolute atomic E-state index is 0.0202. The van der Waals surface area contributed by atoms with Gasteiger partial charge in [0, 0.05) is 0 Å². The van der Waals surface area contributed by atoms with Crippen LogP contribution in [0.5, 0.6) is 0 Å². The normalized spacial score (nSPS) is 24.3. The van der Waals surface area contributed by atoms with Crippen molar-refractivity contribution in [3.05, 3.63) is 35.9 Å². The minimum atomic E-state index is -3.34. The van der Waals surface area contributed by atoms with E-state index in [2.05, 4.69) is 0 Å². The predicted molar refractivity (Wildman–Crippen MR) is 91.3 cm³/mol. The summed E-state index contributed by atoms with van der Waals surface area (Å²) in [5.74, 6) is -1.01. The summed E-state index contributed by atoms with van der Waals surface area (Å²) in [6.45, 7) is 3.38. The molecule has 3 atom stereocenters. The zero-order chi connectivity index (χ0) is 18.6. The molecule has 25 heavy (non-hydrogen) atoms. The Bertz CT molecular complexity index is 731. The van der Waals surface area contributed by atoms with Crippen molar-refractivity contribution in [3.63, 3.8) is 0 Å². The summed E-state index contributed by atoms with van der Waals surface area (Å²) in [5, 5.41) is 0. The number of hydrogen-bond acceptors (Lipinski definition) is 4. The largest absolute Gasteiger partial charge is 0.462 e. The molecule has 2 rings (SSSR count). The second-order valence-electron chi connectivity index (χ2n) is 5.99. The predicted octanol–water partition coefficient (Wildman–Crippen LogP) is 3.51. The van der Waals surface area contributed by atoms with E-state index < -0.39 is 34.1 Å². The first-order valence-electron chi connectivity index (χ1n) is 8.28. The summed E-state index contributed by atoms with van der Waals surface area (Å²) in [4.78, 5) is 12.4. The van der Waals surface area contributed by atoms with Gasteiger partial charge in [-0.2, -0.15) is 0 Å². The Hall–Kier alpha value is -1.76. The van der Waals surface area contributed by atoms with E-state index >= 15 is 0 Å². The number of allylic oxidation sites excluding steroid dienone is 1. The molecule has 0 amide bonds. The summed E-state index contributed by atoms with van der Waals surface area (Å²) >= 11 is 0. The summed E-state index contributed by atoms with van der Waals surface area (Å²) in [7, 11) is -3.34. The van der Waals surface area contributed by atoms with Crippen LogP contribution in [-0.4, -0.2) is 39.1 Å². The highest BCUT2D eigenvalue weighted by atomic mass is 32.2. The van der Waals surface area contributed by atoms with Crippen LogP contribution in [0.2, 0.25) is 0 Å². The Morgan fingerprint density at radius 1 is 1.16 bits per heavy atom. The minimum Gasteiger partial charge on any atom is -0.462 e. The molecule has 1 aliphatic carbocycles. The van der Waals surface area contributed by atoms with E-state index in [1.54, 1.807) is 13.8 Å². The quantitative estimate of drug-likeness (QED) is 0.566. The van der Waals surface area contributed by atoms with Gasteiger partial charge in [0.1, 0.15) is 12.3 Å². The highest BCUT2D eigenvalue weighted by Gasteiger charge is 2.34. The monoisotopic (exact) mass is 372 g/mol. The van der Waals surface area contributed by atoms with Crippen LogP contribution in [0.4, 0.5) is 8.78 Å². The van der Waals surface area contributed by atoms with Gasteiger partial charge < -0.3 is 4.74 Å². The van der Waals surface area contributed by atoms with E-state index in [9.17, 15) is 22.0 Å². The SMILES string of the molecule is CCOC(=O)C(=CC1C[C@@H](F)[C@@H](F)C1)c1ccc(S(=O)(=O)CC)cc1. The Morgan fingerprint density at radius 2 is 1.72 bits per heavy atom. The second kappa shape index (κ2) is 8.08. The fourth-order valence-corrected chi connectivity index (χ4v) is 3.73. The van der Waals surface area contributed by atoms with Gasteiger partial charge in [0.25, 0.3) is 0 Å². The van der Waals surface area contributed by atoms with Crippen molar-refractivity contribution in [1.29, 1.82) is 0 Å². The lowest BCUT2D eigenvalue weighted by Crippen LogP contribution is -2.09. The Kier molecular flexibility index (Phi) is 6.32. The smallest absolute Gasteiger partial charge is 0.338 e. The van der Waals surface area contributed by atoms with E-state index in [0.717, 1.165) is 0 Å². The van der Waals surface area contributed by atoms with Crippen LogP contribution in [0.25, 0.3) is 5.57 Å². The van der Waals surface area contributed by atoms with Crippen molar-refractivity contribution in [2.75, 3.05) is 12.4 Å². The van der Waals surface area contributed by atoms with Crippen molar-refractivity contribution in [3.8, 4) is 0 Å². The van der Waals surface area contributed by atoms with Gasteiger partial charge in [-0.3, -0.25) is 0 Å². The molecule has 1 unspecified atom stereocenters. The third kappa shape index (κ3) is 4.66. The van der Waals surface area contributed by atoms with Gasteiger partial charge in [0.05, 0.1) is 22.8 Å². The fraction of sp³-hybridized carbons (Fsp3) is 0.500. The van der Waals surface area contributed by atoms with E-state index in [1.807, 2.05) is 0 Å². The number of hydrogen-bond donors (Lipinski definition) is 0. The number of carbonyl (C=O) groups excluding carboxylic acids is 1. The van der Waals surface area contributed by atoms with Gasteiger partial charge in [0.2, 0.25) is 0 Å². The van der Waals surface area contributed by atoms with Crippen LogP contribution in [0, 0.1) is 5.92 Å². The van der Waals surface area contributed by atoms with Crippen LogP contribution < -0.4 is 0 Å². The number of carbonyl (C=O) groups is 1. The summed E-state index contributed by atoms with van der Waals surface area (Å²) in [5.41, 5.74) is 0.666. The van der Waals surface area contributed by atoms with E-state index in [0.29, 0.717) is 5.56 Å². The molecule has 1 aromatic rings. The van der Waals surface area contributed by atoms with Gasteiger partial charge >= 0.3 is 5.97 Å². The average molecular weight is 372 g/mol. The highest BCUT2D eigenvalue weighted by Crippen LogP contribution is 2.34. The molecule has 0 radical (unpaired) electrons. The van der Waals surface area contributed by atoms with Crippen molar-refractivity contribution in [2.45, 2.75) is 43.9 Å². The molecule has 0 saturated heterocycles. The maximum Gasteiger partial charge on any atom is 0.338 e. The van der Waals surface area contributed by atoms with E-state index in [1.165, 1.54) is 30.3 Å². The molecule has 0 aromatic heterocycles. The van der Waals surface area contributed by atoms with E-state index in [4.69, 9.17) is 4.74 Å². The average Bonchev–Trinajstić information content (AvgIpc) is 2.91. The lowest BCUT2D eigenvalue weighted by Gasteiger charge is -2.11. The van der Waals surface area contributed by atoms with Crippen LogP contribution >= 0.6 is 0 Å².